The van der Waals surface area contributed by atoms with Crippen LogP contribution in [0.25, 0.3) is 0 Å². The molecule has 4 rings (SSSR count). The standard InChI is InChI=1S/C28H24O5/c29-25-16-24(31-18-21-10-4-1-5-11-21)17-26(32-19-22-12-6-2-7-13-22)27(25)28(30)33-20-23-14-8-3-9-15-23/h1-17,29H,18-20H2. The number of carbonyl (C=O) groups excluding carboxylic acids is 1. The predicted molar refractivity (Wildman–Crippen MR) is 125 cm³/mol. The van der Waals surface area contributed by atoms with Crippen LogP contribution in [0.4, 0.5) is 0 Å². The highest BCUT2D eigenvalue weighted by molar-refractivity contribution is 5.96. The van der Waals surface area contributed by atoms with Gasteiger partial charge >= 0.3 is 5.97 Å². The highest BCUT2D eigenvalue weighted by atomic mass is 16.5. The average Bonchev–Trinajstić information content (AvgIpc) is 2.86. The molecule has 0 aliphatic rings. The lowest BCUT2D eigenvalue weighted by molar-refractivity contribution is 0.0464. The third-order valence-corrected chi connectivity index (χ3v) is 4.96. The van der Waals surface area contributed by atoms with Crippen LogP contribution < -0.4 is 9.47 Å². The van der Waals surface area contributed by atoms with Gasteiger partial charge in [-0.1, -0.05) is 91.0 Å². The number of benzene rings is 4. The molecule has 0 radical (unpaired) electrons. The minimum absolute atomic E-state index is 0.0334. The van der Waals surface area contributed by atoms with Gasteiger partial charge < -0.3 is 19.3 Å². The first-order valence-corrected chi connectivity index (χ1v) is 10.6. The maximum absolute atomic E-state index is 12.9. The molecule has 0 amide bonds. The summed E-state index contributed by atoms with van der Waals surface area (Å²) in [6, 6.07) is 31.6. The summed E-state index contributed by atoms with van der Waals surface area (Å²) in [5, 5.41) is 10.7. The molecule has 4 aromatic rings. The lowest BCUT2D eigenvalue weighted by Crippen LogP contribution is -2.09. The van der Waals surface area contributed by atoms with E-state index in [1.54, 1.807) is 6.07 Å². The Bertz CT molecular complexity index is 1180. The van der Waals surface area contributed by atoms with Gasteiger partial charge in [-0.2, -0.15) is 0 Å². The van der Waals surface area contributed by atoms with Gasteiger partial charge in [-0.15, -0.1) is 0 Å². The Morgan fingerprint density at radius 1 is 0.636 bits per heavy atom. The van der Waals surface area contributed by atoms with Crippen LogP contribution in [0.3, 0.4) is 0 Å². The first kappa shape index (κ1) is 22.0. The Kier molecular flexibility index (Phi) is 7.23. The molecule has 0 bridgehead atoms. The SMILES string of the molecule is O=C(OCc1ccccc1)c1c(O)cc(OCc2ccccc2)cc1OCc1ccccc1. The molecule has 5 heteroatoms. The van der Waals surface area contributed by atoms with E-state index in [1.165, 1.54) is 6.07 Å². The molecular weight excluding hydrogens is 416 g/mol. The van der Waals surface area contributed by atoms with E-state index in [1.807, 2.05) is 91.0 Å². The van der Waals surface area contributed by atoms with Crippen molar-refractivity contribution in [1.82, 2.24) is 0 Å². The Balaban J connectivity index is 1.55. The normalized spacial score (nSPS) is 10.4. The van der Waals surface area contributed by atoms with Gasteiger partial charge in [0, 0.05) is 12.1 Å². The zero-order valence-corrected chi connectivity index (χ0v) is 18.0. The van der Waals surface area contributed by atoms with Crippen LogP contribution in [0, 0.1) is 0 Å². The number of hydrogen-bond donors (Lipinski definition) is 1. The van der Waals surface area contributed by atoms with E-state index >= 15 is 0 Å². The van der Waals surface area contributed by atoms with E-state index in [-0.39, 0.29) is 30.3 Å². The zero-order chi connectivity index (χ0) is 22.9. The third kappa shape index (κ3) is 6.14. The molecule has 0 saturated heterocycles. The molecule has 0 spiro atoms. The molecule has 0 unspecified atom stereocenters. The third-order valence-electron chi connectivity index (χ3n) is 4.96. The number of hydrogen-bond acceptors (Lipinski definition) is 5. The second-order valence-electron chi connectivity index (χ2n) is 7.43. The van der Waals surface area contributed by atoms with Gasteiger partial charge in [0.25, 0.3) is 0 Å². The Labute approximate surface area is 192 Å². The van der Waals surface area contributed by atoms with E-state index in [0.717, 1.165) is 16.7 Å². The van der Waals surface area contributed by atoms with Crippen LogP contribution in [0.1, 0.15) is 27.0 Å². The molecule has 0 fully saturated rings. The summed E-state index contributed by atoms with van der Waals surface area (Å²) < 4.78 is 17.2. The Hall–Kier alpha value is -4.25. The van der Waals surface area contributed by atoms with Crippen molar-refractivity contribution in [3.8, 4) is 17.2 Å². The fourth-order valence-corrected chi connectivity index (χ4v) is 3.25. The van der Waals surface area contributed by atoms with Crippen molar-refractivity contribution in [1.29, 1.82) is 0 Å². The van der Waals surface area contributed by atoms with E-state index < -0.39 is 5.97 Å². The first-order chi connectivity index (χ1) is 16.2. The molecule has 0 aromatic heterocycles. The van der Waals surface area contributed by atoms with Crippen LogP contribution in [0.2, 0.25) is 0 Å². The molecular formula is C28H24O5. The van der Waals surface area contributed by atoms with Crippen LogP contribution in [-0.4, -0.2) is 11.1 Å². The number of ether oxygens (including phenoxy) is 3. The largest absolute Gasteiger partial charge is 0.507 e. The molecule has 0 heterocycles. The summed E-state index contributed by atoms with van der Waals surface area (Å²) in [6.45, 7) is 0.626. The van der Waals surface area contributed by atoms with Crippen molar-refractivity contribution < 1.29 is 24.1 Å². The van der Waals surface area contributed by atoms with Gasteiger partial charge in [0.15, 0.2) is 0 Å². The van der Waals surface area contributed by atoms with Crippen molar-refractivity contribution >= 4 is 5.97 Å². The molecule has 0 aliphatic carbocycles. The predicted octanol–water partition coefficient (Wildman–Crippen LogP) is 5.91. The lowest BCUT2D eigenvalue weighted by atomic mass is 10.1. The monoisotopic (exact) mass is 440 g/mol. The molecule has 0 aliphatic heterocycles. The van der Waals surface area contributed by atoms with Crippen LogP contribution in [0.5, 0.6) is 17.2 Å². The second-order valence-corrected chi connectivity index (χ2v) is 7.43. The topological polar surface area (TPSA) is 65.0 Å². The quantitative estimate of drug-likeness (QED) is 0.328. The average molecular weight is 440 g/mol. The van der Waals surface area contributed by atoms with Crippen LogP contribution in [0.15, 0.2) is 103 Å². The lowest BCUT2D eigenvalue weighted by Gasteiger charge is -2.15. The van der Waals surface area contributed by atoms with Crippen molar-refractivity contribution in [3.63, 3.8) is 0 Å². The number of rotatable bonds is 9. The van der Waals surface area contributed by atoms with Gasteiger partial charge in [0.1, 0.15) is 42.6 Å². The van der Waals surface area contributed by atoms with Crippen LogP contribution >= 0.6 is 0 Å². The summed E-state index contributed by atoms with van der Waals surface area (Å²) in [5.41, 5.74) is 2.72. The van der Waals surface area contributed by atoms with Crippen molar-refractivity contribution in [2.45, 2.75) is 19.8 Å². The summed E-state index contributed by atoms with van der Waals surface area (Å²) >= 11 is 0. The second kappa shape index (κ2) is 10.9. The van der Waals surface area contributed by atoms with Crippen molar-refractivity contribution in [3.05, 3.63) is 125 Å². The van der Waals surface area contributed by atoms with E-state index in [4.69, 9.17) is 14.2 Å². The van der Waals surface area contributed by atoms with Crippen molar-refractivity contribution in [2.75, 3.05) is 0 Å². The number of phenols is 1. The minimum atomic E-state index is -0.672. The van der Waals surface area contributed by atoms with Gasteiger partial charge in [0.2, 0.25) is 0 Å². The molecule has 4 aromatic carbocycles. The van der Waals surface area contributed by atoms with Gasteiger partial charge in [-0.3, -0.25) is 0 Å². The van der Waals surface area contributed by atoms with Gasteiger partial charge in [-0.25, -0.2) is 4.79 Å². The number of phenolic OH excluding ortho intramolecular Hbond substituents is 1. The molecule has 5 nitrogen and oxygen atoms in total. The first-order valence-electron chi connectivity index (χ1n) is 10.6. The fourth-order valence-electron chi connectivity index (χ4n) is 3.25. The van der Waals surface area contributed by atoms with E-state index in [2.05, 4.69) is 0 Å². The van der Waals surface area contributed by atoms with Crippen LogP contribution in [-0.2, 0) is 24.6 Å². The number of carbonyl (C=O) groups is 1. The smallest absolute Gasteiger partial charge is 0.346 e. The summed E-state index contributed by atoms with van der Waals surface area (Å²) in [7, 11) is 0. The fraction of sp³-hybridized carbons (Fsp3) is 0.107. The molecule has 166 valence electrons. The molecule has 0 atom stereocenters. The number of esters is 1. The number of aromatic hydroxyl groups is 1. The summed E-state index contributed by atoms with van der Waals surface area (Å²) in [5.74, 6) is -0.352. The zero-order valence-electron chi connectivity index (χ0n) is 18.0. The van der Waals surface area contributed by atoms with Gasteiger partial charge in [0.05, 0.1) is 0 Å². The molecule has 1 N–H and O–H groups in total. The Morgan fingerprint density at radius 3 is 1.67 bits per heavy atom. The minimum Gasteiger partial charge on any atom is -0.507 e. The maximum atomic E-state index is 12.9. The summed E-state index contributed by atoms with van der Waals surface area (Å²) in [4.78, 5) is 12.9. The molecule has 0 saturated carbocycles. The Morgan fingerprint density at radius 2 is 1.12 bits per heavy atom. The summed E-state index contributed by atoms with van der Waals surface area (Å²) in [6.07, 6.45) is 0. The highest BCUT2D eigenvalue weighted by Crippen LogP contribution is 2.35. The maximum Gasteiger partial charge on any atom is 0.346 e. The van der Waals surface area contributed by atoms with E-state index in [9.17, 15) is 9.90 Å². The highest BCUT2D eigenvalue weighted by Gasteiger charge is 2.22. The van der Waals surface area contributed by atoms with Gasteiger partial charge in [-0.05, 0) is 16.7 Å². The molecule has 33 heavy (non-hydrogen) atoms. The van der Waals surface area contributed by atoms with Crippen molar-refractivity contribution in [2.24, 2.45) is 0 Å². The van der Waals surface area contributed by atoms with E-state index in [0.29, 0.717) is 12.4 Å².